The first-order chi connectivity index (χ1) is 29.0. The average molecular weight is 749 g/mol. The highest BCUT2D eigenvalue weighted by Crippen LogP contribution is 2.51. The van der Waals surface area contributed by atoms with Crippen molar-refractivity contribution in [2.75, 3.05) is 0 Å². The summed E-state index contributed by atoms with van der Waals surface area (Å²) < 4.78 is 0. The van der Waals surface area contributed by atoms with Crippen LogP contribution in [0.1, 0.15) is 25.0 Å². The van der Waals surface area contributed by atoms with E-state index in [1.165, 1.54) is 121 Å². The first-order valence-corrected chi connectivity index (χ1v) is 20.7. The Morgan fingerprint density at radius 3 is 1.34 bits per heavy atom. The minimum atomic E-state index is -0.110. The lowest BCUT2D eigenvalue weighted by atomic mass is 9.80. The van der Waals surface area contributed by atoms with Crippen LogP contribution in [-0.2, 0) is 5.41 Å². The maximum absolute atomic E-state index is 2.44. The molecular weight excluding hydrogens is 709 g/mol. The molecule has 0 saturated carbocycles. The molecule has 0 spiro atoms. The Morgan fingerprint density at radius 1 is 0.237 bits per heavy atom. The van der Waals surface area contributed by atoms with Crippen molar-refractivity contribution in [3.8, 4) is 55.6 Å². The van der Waals surface area contributed by atoms with Gasteiger partial charge in [-0.05, 0) is 163 Å². The molecular formula is C59H40. The van der Waals surface area contributed by atoms with Gasteiger partial charge in [0.25, 0.3) is 0 Å². The van der Waals surface area contributed by atoms with Gasteiger partial charge in [0.15, 0.2) is 0 Å². The summed E-state index contributed by atoms with van der Waals surface area (Å²) in [6.07, 6.45) is 0. The molecule has 0 heterocycles. The molecule has 0 bridgehead atoms. The van der Waals surface area contributed by atoms with Gasteiger partial charge in [0.05, 0.1) is 0 Å². The Bertz CT molecular complexity index is 3530. The molecule has 0 radical (unpaired) electrons. The van der Waals surface area contributed by atoms with Crippen LogP contribution >= 0.6 is 0 Å². The van der Waals surface area contributed by atoms with Crippen molar-refractivity contribution in [1.82, 2.24) is 0 Å². The largest absolute Gasteiger partial charge is 0.0616 e. The van der Waals surface area contributed by atoms with Crippen LogP contribution in [0.2, 0.25) is 0 Å². The molecule has 0 saturated heterocycles. The summed E-state index contributed by atoms with van der Waals surface area (Å²) in [5.41, 5.74) is 15.3. The van der Waals surface area contributed by atoms with Crippen LogP contribution in [0, 0.1) is 0 Å². The molecule has 276 valence electrons. The molecule has 0 fully saturated rings. The van der Waals surface area contributed by atoms with Crippen molar-refractivity contribution in [3.05, 3.63) is 217 Å². The van der Waals surface area contributed by atoms with Gasteiger partial charge < -0.3 is 0 Å². The van der Waals surface area contributed by atoms with Crippen LogP contribution in [-0.4, -0.2) is 0 Å². The zero-order valence-electron chi connectivity index (χ0n) is 33.1. The topological polar surface area (TPSA) is 0 Å². The molecule has 0 nitrogen and oxygen atoms in total. The van der Waals surface area contributed by atoms with Crippen LogP contribution in [0.3, 0.4) is 0 Å². The van der Waals surface area contributed by atoms with Crippen molar-refractivity contribution >= 4 is 53.9 Å². The van der Waals surface area contributed by atoms with Crippen molar-refractivity contribution in [2.45, 2.75) is 19.3 Å². The minimum absolute atomic E-state index is 0.110. The summed E-state index contributed by atoms with van der Waals surface area (Å²) in [4.78, 5) is 0. The van der Waals surface area contributed by atoms with Crippen molar-refractivity contribution in [3.63, 3.8) is 0 Å². The summed E-state index contributed by atoms with van der Waals surface area (Å²) in [6.45, 7) is 4.76. The van der Waals surface area contributed by atoms with Gasteiger partial charge in [-0.3, -0.25) is 0 Å². The third-order valence-corrected chi connectivity index (χ3v) is 13.2. The number of hydrogen-bond acceptors (Lipinski definition) is 0. The molecule has 1 aliphatic rings. The quantitative estimate of drug-likeness (QED) is 0.157. The fourth-order valence-electron chi connectivity index (χ4n) is 10.0. The van der Waals surface area contributed by atoms with Crippen molar-refractivity contribution in [1.29, 1.82) is 0 Å². The van der Waals surface area contributed by atoms with Gasteiger partial charge in [-0.25, -0.2) is 0 Å². The monoisotopic (exact) mass is 748 g/mol. The second kappa shape index (κ2) is 12.9. The van der Waals surface area contributed by atoms with E-state index in [0.717, 1.165) is 0 Å². The van der Waals surface area contributed by atoms with E-state index in [4.69, 9.17) is 0 Å². The predicted octanol–water partition coefficient (Wildman–Crippen LogP) is 16.4. The van der Waals surface area contributed by atoms with E-state index in [-0.39, 0.29) is 5.41 Å². The van der Waals surface area contributed by atoms with Gasteiger partial charge in [-0.1, -0.05) is 178 Å². The second-order valence-corrected chi connectivity index (χ2v) is 16.9. The van der Waals surface area contributed by atoms with E-state index in [9.17, 15) is 0 Å². The van der Waals surface area contributed by atoms with Gasteiger partial charge in [0.2, 0.25) is 0 Å². The minimum Gasteiger partial charge on any atom is -0.0616 e. The fourth-order valence-corrected chi connectivity index (χ4v) is 10.0. The van der Waals surface area contributed by atoms with Crippen molar-refractivity contribution < 1.29 is 0 Å². The van der Waals surface area contributed by atoms with E-state index in [1.54, 1.807) is 0 Å². The van der Waals surface area contributed by atoms with Crippen LogP contribution in [0.5, 0.6) is 0 Å². The molecule has 0 unspecified atom stereocenters. The second-order valence-electron chi connectivity index (χ2n) is 16.9. The molecule has 0 aromatic heterocycles. The predicted molar refractivity (Wildman–Crippen MR) is 253 cm³/mol. The number of benzene rings is 11. The zero-order chi connectivity index (χ0) is 39.2. The van der Waals surface area contributed by atoms with Crippen molar-refractivity contribution in [2.24, 2.45) is 0 Å². The fraction of sp³-hybridized carbons (Fsp3) is 0.0508. The zero-order valence-corrected chi connectivity index (χ0v) is 33.1. The molecule has 0 atom stereocenters. The molecule has 0 heteroatoms. The van der Waals surface area contributed by atoms with Crippen LogP contribution < -0.4 is 0 Å². The van der Waals surface area contributed by atoms with Crippen LogP contribution in [0.4, 0.5) is 0 Å². The van der Waals surface area contributed by atoms with Crippen LogP contribution in [0.15, 0.2) is 206 Å². The first-order valence-electron chi connectivity index (χ1n) is 20.7. The lowest BCUT2D eigenvalue weighted by Gasteiger charge is -2.22. The SMILES string of the molecule is CC1(C)c2cc(-c3ccc4ccccc4c3)ccc2-c2ccc(-c3ccc4cc(-c5cccc(-c6cc7c8ccccc8ccc7c7ccccc67)c5)ccc4c3)cc21. The number of fused-ring (bicyclic) bond motifs is 10. The van der Waals surface area contributed by atoms with E-state index in [1.807, 2.05) is 0 Å². The molecule has 0 N–H and O–H groups in total. The molecule has 59 heavy (non-hydrogen) atoms. The molecule has 11 aromatic rings. The van der Waals surface area contributed by atoms with E-state index in [2.05, 4.69) is 220 Å². The van der Waals surface area contributed by atoms with E-state index in [0.29, 0.717) is 0 Å². The lowest BCUT2D eigenvalue weighted by molar-refractivity contribution is 0.661. The molecule has 0 aliphatic heterocycles. The number of hydrogen-bond donors (Lipinski definition) is 0. The van der Waals surface area contributed by atoms with Gasteiger partial charge in [-0.2, -0.15) is 0 Å². The highest BCUT2D eigenvalue weighted by atomic mass is 14.4. The Hall–Kier alpha value is -7.28. The van der Waals surface area contributed by atoms with Gasteiger partial charge in [0, 0.05) is 5.41 Å². The smallest absolute Gasteiger partial charge is 0.0159 e. The molecule has 1 aliphatic carbocycles. The molecule has 11 aromatic carbocycles. The van der Waals surface area contributed by atoms with E-state index < -0.39 is 0 Å². The Labute approximate surface area is 344 Å². The lowest BCUT2D eigenvalue weighted by Crippen LogP contribution is -2.15. The standard InChI is InChI=1S/C59H40/c1-59(2)57-34-46(44-19-18-37-10-3-4-12-39(37)30-44)25-28-53(57)54-29-26-47(35-58(54)59)45-23-22-42-31-41(20-21-43(42)32-45)40-13-9-14-48(33-40)55-36-56-49-15-6-5-11-38(49)24-27-52(56)50-16-7-8-17-51(50)55/h3-36H,1-2H3. The highest BCUT2D eigenvalue weighted by molar-refractivity contribution is 6.21. The summed E-state index contributed by atoms with van der Waals surface area (Å²) in [5.74, 6) is 0. The molecule has 0 amide bonds. The summed E-state index contributed by atoms with van der Waals surface area (Å²) in [6, 6.07) is 77.0. The highest BCUT2D eigenvalue weighted by Gasteiger charge is 2.36. The summed E-state index contributed by atoms with van der Waals surface area (Å²) in [7, 11) is 0. The number of rotatable bonds is 4. The molecule has 12 rings (SSSR count). The Balaban J connectivity index is 0.875. The summed E-state index contributed by atoms with van der Waals surface area (Å²) in [5, 5.41) is 12.8. The summed E-state index contributed by atoms with van der Waals surface area (Å²) >= 11 is 0. The Morgan fingerprint density at radius 2 is 0.678 bits per heavy atom. The third kappa shape index (κ3) is 5.37. The normalized spacial score (nSPS) is 13.1. The van der Waals surface area contributed by atoms with Gasteiger partial charge >= 0.3 is 0 Å². The van der Waals surface area contributed by atoms with Gasteiger partial charge in [0.1, 0.15) is 0 Å². The maximum Gasteiger partial charge on any atom is 0.0159 e. The maximum atomic E-state index is 2.44. The third-order valence-electron chi connectivity index (χ3n) is 13.2. The van der Waals surface area contributed by atoms with Gasteiger partial charge in [-0.15, -0.1) is 0 Å². The van der Waals surface area contributed by atoms with E-state index >= 15 is 0 Å². The first kappa shape index (κ1) is 33.8. The average Bonchev–Trinajstić information content (AvgIpc) is 3.52. The Kier molecular flexibility index (Phi) is 7.38. The van der Waals surface area contributed by atoms with Crippen LogP contribution in [0.25, 0.3) is 109 Å².